The van der Waals surface area contributed by atoms with E-state index in [1.807, 2.05) is 0 Å². The smallest absolute Gasteiger partial charge is 0.230 e. The third kappa shape index (κ3) is 3.88. The highest BCUT2D eigenvalue weighted by molar-refractivity contribution is 8.14. The van der Waals surface area contributed by atoms with Crippen LogP contribution in [0.2, 0.25) is 0 Å². The minimum atomic E-state index is -0.154. The highest BCUT2D eigenvalue weighted by atomic mass is 32.2. The molecule has 2 saturated carbocycles. The summed E-state index contributed by atoms with van der Waals surface area (Å²) in [4.78, 5) is 15.4. The first-order chi connectivity index (χ1) is 9.45. The average molecular weight is 297 g/mol. The van der Waals surface area contributed by atoms with E-state index in [0.717, 1.165) is 23.6 Å². The summed E-state index contributed by atoms with van der Waals surface area (Å²) >= 11 is 1.04. The molecule has 7 heteroatoms. The van der Waals surface area contributed by atoms with Gasteiger partial charge in [0.15, 0.2) is 11.1 Å². The Morgan fingerprint density at radius 1 is 1.45 bits per heavy atom. The second-order valence-corrected chi connectivity index (χ2v) is 6.79. The van der Waals surface area contributed by atoms with Gasteiger partial charge in [0.2, 0.25) is 5.91 Å². The molecule has 4 unspecified atom stereocenters. The molecule has 6 N–H and O–H groups in total. The molecule has 0 aromatic carbocycles. The van der Waals surface area contributed by atoms with E-state index in [9.17, 15) is 4.79 Å². The molecule has 112 valence electrons. The number of thioether (sulfide) groups is 1. The zero-order valence-corrected chi connectivity index (χ0v) is 12.6. The van der Waals surface area contributed by atoms with Gasteiger partial charge < -0.3 is 16.8 Å². The molecule has 0 saturated heterocycles. The van der Waals surface area contributed by atoms with Crippen LogP contribution in [0.15, 0.2) is 4.99 Å². The second kappa shape index (κ2) is 6.47. The molecule has 2 fully saturated rings. The fourth-order valence-corrected chi connectivity index (χ4v) is 4.11. The first-order valence-electron chi connectivity index (χ1n) is 7.06. The highest BCUT2D eigenvalue weighted by Gasteiger charge is 2.42. The Kier molecular flexibility index (Phi) is 4.91. The van der Waals surface area contributed by atoms with Crippen molar-refractivity contribution in [2.75, 3.05) is 5.75 Å². The van der Waals surface area contributed by atoms with Crippen LogP contribution in [0.25, 0.3) is 0 Å². The van der Waals surface area contributed by atoms with E-state index >= 15 is 0 Å². The van der Waals surface area contributed by atoms with E-state index in [-0.39, 0.29) is 28.8 Å². The van der Waals surface area contributed by atoms with Crippen LogP contribution in [-0.2, 0) is 4.79 Å². The number of carbonyl (C=O) groups is 1. The molecule has 6 nitrogen and oxygen atoms in total. The topological polar surface area (TPSA) is 117 Å². The lowest BCUT2D eigenvalue weighted by molar-refractivity contribution is -0.119. The van der Waals surface area contributed by atoms with Crippen LogP contribution < -0.4 is 16.8 Å². The van der Waals surface area contributed by atoms with Crippen molar-refractivity contribution in [1.29, 1.82) is 5.41 Å². The molecule has 2 aliphatic carbocycles. The Balaban J connectivity index is 1.72. The lowest BCUT2D eigenvalue weighted by atomic mass is 9.84. The summed E-state index contributed by atoms with van der Waals surface area (Å²) in [7, 11) is 0. The monoisotopic (exact) mass is 297 g/mol. The summed E-state index contributed by atoms with van der Waals surface area (Å²) in [6.45, 7) is 2.09. The third-order valence-electron chi connectivity index (χ3n) is 4.39. The van der Waals surface area contributed by atoms with Gasteiger partial charge in [-0.1, -0.05) is 18.2 Å². The number of aliphatic imine (C=N–C) groups is 1. The number of carbonyl (C=O) groups excluding carboxylic acids is 1. The lowest BCUT2D eigenvalue weighted by Gasteiger charge is -2.28. The molecule has 4 atom stereocenters. The molecule has 0 spiro atoms. The van der Waals surface area contributed by atoms with Crippen molar-refractivity contribution < 1.29 is 4.79 Å². The maximum Gasteiger partial charge on any atom is 0.230 e. The summed E-state index contributed by atoms with van der Waals surface area (Å²) < 4.78 is 0. The molecule has 0 aromatic rings. The van der Waals surface area contributed by atoms with Crippen molar-refractivity contribution in [3.63, 3.8) is 0 Å². The number of hydrogen-bond acceptors (Lipinski definition) is 3. The van der Waals surface area contributed by atoms with Gasteiger partial charge in [-0.3, -0.25) is 10.2 Å². The molecule has 0 heterocycles. The number of nitrogens with zero attached hydrogens (tertiary/aromatic N) is 1. The van der Waals surface area contributed by atoms with Crippen molar-refractivity contribution in [3.05, 3.63) is 0 Å². The van der Waals surface area contributed by atoms with Gasteiger partial charge in [-0.15, -0.1) is 0 Å². The Labute approximate surface area is 123 Å². The predicted octanol–water partition coefficient (Wildman–Crippen LogP) is 0.869. The summed E-state index contributed by atoms with van der Waals surface area (Å²) in [6.07, 6.45) is 5.28. The number of nitrogens with two attached hydrogens (primary N) is 2. The molecule has 0 aliphatic heterocycles. The van der Waals surface area contributed by atoms with Gasteiger partial charge >= 0.3 is 0 Å². The Hall–Kier alpha value is -1.24. The molecular formula is C13H23N5OS. The van der Waals surface area contributed by atoms with Crippen LogP contribution in [0, 0.1) is 23.2 Å². The number of hydrogen-bond donors (Lipinski definition) is 4. The van der Waals surface area contributed by atoms with Crippen molar-refractivity contribution in [3.8, 4) is 0 Å². The zero-order chi connectivity index (χ0) is 14.7. The Morgan fingerprint density at radius 2 is 2.20 bits per heavy atom. The first-order valence-corrected chi connectivity index (χ1v) is 8.04. The molecular weight excluding hydrogens is 274 g/mol. The number of rotatable bonds is 4. The number of guanidine groups is 1. The largest absolute Gasteiger partial charge is 0.370 e. The van der Waals surface area contributed by atoms with Gasteiger partial charge in [0.25, 0.3) is 0 Å². The van der Waals surface area contributed by atoms with Gasteiger partial charge in [-0.05, 0) is 43.9 Å². The minimum Gasteiger partial charge on any atom is -0.370 e. The highest BCUT2D eigenvalue weighted by Crippen LogP contribution is 2.49. The van der Waals surface area contributed by atoms with Crippen LogP contribution in [-0.4, -0.2) is 28.8 Å². The number of fused-ring (bicyclic) bond motifs is 2. The molecule has 20 heavy (non-hydrogen) atoms. The van der Waals surface area contributed by atoms with E-state index in [1.54, 1.807) is 0 Å². The Bertz CT molecular complexity index is 421. The van der Waals surface area contributed by atoms with Crippen molar-refractivity contribution >= 4 is 28.8 Å². The SMILES string of the molecule is CC(NC(=O)CSC(=N)N=C(N)N)C1CC2CCC1C2. The fraction of sp³-hybridized carbons (Fsp3) is 0.769. The summed E-state index contributed by atoms with van der Waals surface area (Å²) in [5, 5.41) is 10.5. The number of amidine groups is 1. The van der Waals surface area contributed by atoms with E-state index in [1.165, 1.54) is 25.7 Å². The standard InChI is InChI=1S/C13H23N5OS/c1-7(10-5-8-2-3-9(10)4-8)17-11(19)6-20-13(16)18-12(14)15/h7-10H,2-6H2,1H3,(H,17,19)(H5,14,15,16,18). The molecule has 0 radical (unpaired) electrons. The average Bonchev–Trinajstić information content (AvgIpc) is 2.97. The maximum atomic E-state index is 11.9. The zero-order valence-electron chi connectivity index (χ0n) is 11.8. The van der Waals surface area contributed by atoms with Crippen LogP contribution in [0.4, 0.5) is 0 Å². The molecule has 0 aromatic heterocycles. The van der Waals surface area contributed by atoms with E-state index in [4.69, 9.17) is 16.9 Å². The van der Waals surface area contributed by atoms with E-state index < -0.39 is 0 Å². The predicted molar refractivity (Wildman–Crippen MR) is 82.5 cm³/mol. The van der Waals surface area contributed by atoms with Crippen LogP contribution in [0.5, 0.6) is 0 Å². The summed E-state index contributed by atoms with van der Waals surface area (Å²) in [5.41, 5.74) is 10.3. The number of nitrogens with one attached hydrogen (secondary N) is 2. The second-order valence-electron chi connectivity index (χ2n) is 5.83. The van der Waals surface area contributed by atoms with Crippen LogP contribution >= 0.6 is 11.8 Å². The molecule has 2 bridgehead atoms. The van der Waals surface area contributed by atoms with Gasteiger partial charge in [-0.2, -0.15) is 4.99 Å². The van der Waals surface area contributed by atoms with E-state index in [0.29, 0.717) is 5.92 Å². The Morgan fingerprint density at radius 3 is 2.75 bits per heavy atom. The van der Waals surface area contributed by atoms with Gasteiger partial charge in [0.05, 0.1) is 5.75 Å². The van der Waals surface area contributed by atoms with Crippen LogP contribution in [0.1, 0.15) is 32.6 Å². The minimum absolute atomic E-state index is 0.0345. The normalized spacial score (nSPS) is 28.9. The van der Waals surface area contributed by atoms with Crippen molar-refractivity contribution in [1.82, 2.24) is 5.32 Å². The van der Waals surface area contributed by atoms with Gasteiger partial charge in [-0.25, -0.2) is 0 Å². The van der Waals surface area contributed by atoms with Gasteiger partial charge in [0, 0.05) is 6.04 Å². The molecule has 2 rings (SSSR count). The molecule has 2 aliphatic rings. The van der Waals surface area contributed by atoms with Gasteiger partial charge in [0.1, 0.15) is 0 Å². The molecule has 1 amide bonds. The lowest BCUT2D eigenvalue weighted by Crippen LogP contribution is -2.41. The fourth-order valence-electron chi connectivity index (χ4n) is 3.59. The third-order valence-corrected chi connectivity index (χ3v) is 5.17. The maximum absolute atomic E-state index is 11.9. The number of amides is 1. The summed E-state index contributed by atoms with van der Waals surface area (Å²) in [5.74, 6) is 2.27. The quantitative estimate of drug-likeness (QED) is 0.455. The first kappa shape index (κ1) is 15.2. The van der Waals surface area contributed by atoms with Crippen molar-refractivity contribution in [2.24, 2.45) is 34.2 Å². The summed E-state index contributed by atoms with van der Waals surface area (Å²) in [6, 6.07) is 0.218. The van der Waals surface area contributed by atoms with Crippen molar-refractivity contribution in [2.45, 2.75) is 38.6 Å². The van der Waals surface area contributed by atoms with E-state index in [2.05, 4.69) is 17.2 Å². The van der Waals surface area contributed by atoms with Crippen LogP contribution in [0.3, 0.4) is 0 Å².